The lowest BCUT2D eigenvalue weighted by molar-refractivity contribution is 0.432. The van der Waals surface area contributed by atoms with Crippen molar-refractivity contribution < 1.29 is 4.42 Å². The lowest BCUT2D eigenvalue weighted by Crippen LogP contribution is -2.26. The number of nitrogens with zero attached hydrogens (tertiary/aromatic N) is 4. The van der Waals surface area contributed by atoms with Gasteiger partial charge in [0.05, 0.1) is 0 Å². The van der Waals surface area contributed by atoms with Gasteiger partial charge in [0, 0.05) is 18.4 Å². The van der Waals surface area contributed by atoms with Gasteiger partial charge in [0.1, 0.15) is 17.5 Å². The molecule has 2 heterocycles. The van der Waals surface area contributed by atoms with Gasteiger partial charge < -0.3 is 4.42 Å². The number of halogens is 1. The average Bonchev–Trinajstić information content (AvgIpc) is 2.79. The molecule has 0 amide bonds. The third-order valence-corrected chi connectivity index (χ3v) is 2.82. The van der Waals surface area contributed by atoms with Gasteiger partial charge in [-0.1, -0.05) is 32.4 Å². The van der Waals surface area contributed by atoms with Crippen molar-refractivity contribution >= 4 is 11.6 Å². The third kappa shape index (κ3) is 3.01. The molecule has 0 fully saturated rings. The molecule has 0 aliphatic heterocycles. The van der Waals surface area contributed by atoms with Crippen molar-refractivity contribution in [3.05, 3.63) is 39.2 Å². The van der Waals surface area contributed by atoms with Crippen LogP contribution >= 0.6 is 11.6 Å². The second-order valence-corrected chi connectivity index (χ2v) is 4.85. The SMILES string of the molecule is CCc1nnc(Cn2c(C(C)C)nc(Cl)cc2=O)o1. The van der Waals surface area contributed by atoms with E-state index in [1.165, 1.54) is 10.6 Å². The first-order chi connectivity index (χ1) is 9.01. The Hall–Kier alpha value is -1.69. The minimum absolute atomic E-state index is 0.0694. The van der Waals surface area contributed by atoms with Gasteiger partial charge in [0.2, 0.25) is 11.8 Å². The molecule has 7 heteroatoms. The highest BCUT2D eigenvalue weighted by Crippen LogP contribution is 2.14. The summed E-state index contributed by atoms with van der Waals surface area (Å²) < 4.78 is 6.92. The van der Waals surface area contributed by atoms with E-state index in [-0.39, 0.29) is 23.2 Å². The second-order valence-electron chi connectivity index (χ2n) is 4.46. The predicted molar refractivity (Wildman–Crippen MR) is 70.4 cm³/mol. The Bertz CT molecular complexity index is 633. The molecule has 0 saturated heterocycles. The van der Waals surface area contributed by atoms with E-state index in [1.54, 1.807) is 0 Å². The van der Waals surface area contributed by atoms with E-state index in [2.05, 4.69) is 15.2 Å². The summed E-state index contributed by atoms with van der Waals surface area (Å²) >= 11 is 5.82. The summed E-state index contributed by atoms with van der Waals surface area (Å²) in [5, 5.41) is 7.98. The Morgan fingerprint density at radius 3 is 2.63 bits per heavy atom. The molecule has 19 heavy (non-hydrogen) atoms. The Morgan fingerprint density at radius 1 is 1.37 bits per heavy atom. The highest BCUT2D eigenvalue weighted by molar-refractivity contribution is 6.29. The van der Waals surface area contributed by atoms with Crippen LogP contribution in [0.2, 0.25) is 5.15 Å². The fourth-order valence-corrected chi connectivity index (χ4v) is 1.90. The first-order valence-corrected chi connectivity index (χ1v) is 6.47. The van der Waals surface area contributed by atoms with E-state index < -0.39 is 0 Å². The number of hydrogen-bond donors (Lipinski definition) is 0. The molecule has 0 atom stereocenters. The molecular formula is C12H15ClN4O2. The maximum absolute atomic E-state index is 12.0. The van der Waals surface area contributed by atoms with Gasteiger partial charge in [-0.3, -0.25) is 9.36 Å². The van der Waals surface area contributed by atoms with Crippen LogP contribution in [0.1, 0.15) is 44.3 Å². The van der Waals surface area contributed by atoms with E-state index in [4.69, 9.17) is 16.0 Å². The standard InChI is InChI=1S/C12H15ClN4O2/c1-4-9-15-16-10(19-9)6-17-11(18)5-8(13)14-12(17)7(2)3/h5,7H,4,6H2,1-3H3. The Balaban J connectivity index is 2.41. The summed E-state index contributed by atoms with van der Waals surface area (Å²) in [6.07, 6.45) is 0.664. The highest BCUT2D eigenvalue weighted by Gasteiger charge is 2.14. The first kappa shape index (κ1) is 13.7. The average molecular weight is 283 g/mol. The molecular weight excluding hydrogens is 268 g/mol. The van der Waals surface area contributed by atoms with Crippen molar-refractivity contribution in [3.63, 3.8) is 0 Å². The van der Waals surface area contributed by atoms with Gasteiger partial charge >= 0.3 is 0 Å². The molecule has 0 aliphatic rings. The van der Waals surface area contributed by atoms with Crippen LogP contribution in [0.5, 0.6) is 0 Å². The van der Waals surface area contributed by atoms with E-state index in [0.29, 0.717) is 24.0 Å². The number of rotatable bonds is 4. The molecule has 0 unspecified atom stereocenters. The van der Waals surface area contributed by atoms with E-state index in [1.807, 2.05) is 20.8 Å². The van der Waals surface area contributed by atoms with Gasteiger partial charge in [-0.2, -0.15) is 0 Å². The first-order valence-electron chi connectivity index (χ1n) is 6.09. The van der Waals surface area contributed by atoms with Crippen LogP contribution in [0.3, 0.4) is 0 Å². The Kier molecular flexibility index (Phi) is 3.99. The zero-order valence-electron chi connectivity index (χ0n) is 11.1. The summed E-state index contributed by atoms with van der Waals surface area (Å²) in [7, 11) is 0. The van der Waals surface area contributed by atoms with Crippen molar-refractivity contribution in [1.82, 2.24) is 19.7 Å². The summed E-state index contributed by atoms with van der Waals surface area (Å²) in [6.45, 7) is 6.02. The van der Waals surface area contributed by atoms with Crippen molar-refractivity contribution in [1.29, 1.82) is 0 Å². The molecule has 2 rings (SSSR count). The quantitative estimate of drug-likeness (QED) is 0.802. The van der Waals surface area contributed by atoms with Gasteiger partial charge in [-0.25, -0.2) is 4.98 Å². The van der Waals surface area contributed by atoms with Crippen LogP contribution in [0, 0.1) is 0 Å². The number of aryl methyl sites for hydroxylation is 1. The largest absolute Gasteiger partial charge is 0.423 e. The van der Waals surface area contributed by atoms with Gasteiger partial charge in [-0.15, -0.1) is 10.2 Å². The monoisotopic (exact) mass is 282 g/mol. The molecule has 6 nitrogen and oxygen atoms in total. The molecule has 2 aromatic heterocycles. The Labute approximate surface area is 115 Å². The fourth-order valence-electron chi connectivity index (χ4n) is 1.72. The second kappa shape index (κ2) is 5.52. The van der Waals surface area contributed by atoms with Crippen LogP contribution in [0.4, 0.5) is 0 Å². The van der Waals surface area contributed by atoms with Crippen LogP contribution < -0.4 is 5.56 Å². The molecule has 0 saturated carbocycles. The normalized spacial score (nSPS) is 11.2. The maximum Gasteiger partial charge on any atom is 0.255 e. The molecule has 0 aromatic carbocycles. The molecule has 0 bridgehead atoms. The van der Waals surface area contributed by atoms with Gasteiger partial charge in [-0.05, 0) is 0 Å². The summed E-state index contributed by atoms with van der Waals surface area (Å²) in [6, 6.07) is 1.28. The molecule has 2 aromatic rings. The smallest absolute Gasteiger partial charge is 0.255 e. The minimum Gasteiger partial charge on any atom is -0.423 e. The van der Waals surface area contributed by atoms with Crippen LogP contribution in [-0.4, -0.2) is 19.7 Å². The highest BCUT2D eigenvalue weighted by atomic mass is 35.5. The lowest BCUT2D eigenvalue weighted by atomic mass is 10.2. The predicted octanol–water partition coefficient (Wildman–Crippen LogP) is 2.01. The Morgan fingerprint density at radius 2 is 2.05 bits per heavy atom. The molecule has 0 aliphatic carbocycles. The van der Waals surface area contributed by atoms with E-state index >= 15 is 0 Å². The minimum atomic E-state index is -0.222. The van der Waals surface area contributed by atoms with Crippen molar-refractivity contribution in [2.24, 2.45) is 0 Å². The van der Waals surface area contributed by atoms with E-state index in [9.17, 15) is 4.79 Å². The van der Waals surface area contributed by atoms with Crippen LogP contribution in [0.25, 0.3) is 0 Å². The number of hydrogen-bond acceptors (Lipinski definition) is 5. The topological polar surface area (TPSA) is 73.8 Å². The number of aromatic nitrogens is 4. The van der Waals surface area contributed by atoms with Gasteiger partial charge in [0.15, 0.2) is 0 Å². The zero-order chi connectivity index (χ0) is 14.0. The summed E-state index contributed by atoms with van der Waals surface area (Å²) in [5.41, 5.74) is -0.222. The van der Waals surface area contributed by atoms with E-state index in [0.717, 1.165) is 0 Å². The van der Waals surface area contributed by atoms with Crippen molar-refractivity contribution in [2.75, 3.05) is 0 Å². The molecule has 0 N–H and O–H groups in total. The van der Waals surface area contributed by atoms with Crippen molar-refractivity contribution in [2.45, 2.75) is 39.7 Å². The van der Waals surface area contributed by atoms with Crippen LogP contribution in [-0.2, 0) is 13.0 Å². The summed E-state index contributed by atoms with van der Waals surface area (Å²) in [4.78, 5) is 16.2. The lowest BCUT2D eigenvalue weighted by Gasteiger charge is -2.12. The molecule has 0 spiro atoms. The third-order valence-electron chi connectivity index (χ3n) is 2.63. The summed E-state index contributed by atoms with van der Waals surface area (Å²) in [5.74, 6) is 1.62. The van der Waals surface area contributed by atoms with Crippen molar-refractivity contribution in [3.8, 4) is 0 Å². The fraction of sp³-hybridized carbons (Fsp3) is 0.500. The molecule has 102 valence electrons. The van der Waals surface area contributed by atoms with Gasteiger partial charge in [0.25, 0.3) is 5.56 Å². The molecule has 0 radical (unpaired) electrons. The zero-order valence-corrected chi connectivity index (χ0v) is 11.8. The van der Waals surface area contributed by atoms with Crippen LogP contribution in [0.15, 0.2) is 15.3 Å². The maximum atomic E-state index is 12.0.